The van der Waals surface area contributed by atoms with E-state index in [1.54, 1.807) is 0 Å². The fourth-order valence-electron chi connectivity index (χ4n) is 2.30. The van der Waals surface area contributed by atoms with Crippen LogP contribution >= 0.6 is 0 Å². The van der Waals surface area contributed by atoms with Gasteiger partial charge in [-0.25, -0.2) is 0 Å². The third-order valence-electron chi connectivity index (χ3n) is 2.96. The lowest BCUT2D eigenvalue weighted by Crippen LogP contribution is -2.28. The summed E-state index contributed by atoms with van der Waals surface area (Å²) in [5.74, 6) is 0.920. The Kier molecular flexibility index (Phi) is 3.28. The smallest absolute Gasteiger partial charge is 0.165 e. The van der Waals surface area contributed by atoms with Gasteiger partial charge in [-0.15, -0.1) is 0 Å². The SMILES string of the molecule is CC(C)CN1CCCC(=O)c2ccccc21. The summed E-state index contributed by atoms with van der Waals surface area (Å²) in [6, 6.07) is 8.00. The van der Waals surface area contributed by atoms with E-state index in [0.29, 0.717) is 18.1 Å². The van der Waals surface area contributed by atoms with Crippen molar-refractivity contribution in [3.63, 3.8) is 0 Å². The van der Waals surface area contributed by atoms with Crippen LogP contribution in [0.25, 0.3) is 0 Å². The maximum atomic E-state index is 11.9. The molecule has 16 heavy (non-hydrogen) atoms. The number of Topliss-reactive ketones (excluding diaryl/α,β-unsaturated/α-hetero) is 1. The lowest BCUT2D eigenvalue weighted by Gasteiger charge is -2.26. The van der Waals surface area contributed by atoms with Crippen LogP contribution in [0.4, 0.5) is 5.69 Å². The van der Waals surface area contributed by atoms with Crippen molar-refractivity contribution in [3.05, 3.63) is 29.8 Å². The first-order valence-electron chi connectivity index (χ1n) is 6.05. The molecule has 0 bridgehead atoms. The van der Waals surface area contributed by atoms with Crippen LogP contribution in [0.3, 0.4) is 0 Å². The average molecular weight is 217 g/mol. The highest BCUT2D eigenvalue weighted by Crippen LogP contribution is 2.26. The van der Waals surface area contributed by atoms with Gasteiger partial charge in [-0.2, -0.15) is 0 Å². The summed E-state index contributed by atoms with van der Waals surface area (Å²) in [4.78, 5) is 14.3. The van der Waals surface area contributed by atoms with Crippen LogP contribution in [0, 0.1) is 5.92 Å². The zero-order valence-corrected chi connectivity index (χ0v) is 10.1. The largest absolute Gasteiger partial charge is 0.371 e. The first-order valence-corrected chi connectivity index (χ1v) is 6.05. The minimum Gasteiger partial charge on any atom is -0.371 e. The minimum absolute atomic E-state index is 0.293. The summed E-state index contributed by atoms with van der Waals surface area (Å²) >= 11 is 0. The molecule has 2 nitrogen and oxygen atoms in total. The fraction of sp³-hybridized carbons (Fsp3) is 0.500. The molecule has 1 aliphatic rings. The van der Waals surface area contributed by atoms with E-state index in [1.807, 2.05) is 18.2 Å². The molecule has 1 heterocycles. The summed E-state index contributed by atoms with van der Waals surface area (Å²) in [7, 11) is 0. The molecule has 0 aliphatic carbocycles. The number of para-hydroxylation sites is 1. The second kappa shape index (κ2) is 4.69. The molecule has 0 saturated heterocycles. The number of carbonyl (C=O) groups is 1. The molecule has 1 aromatic rings. The normalized spacial score (nSPS) is 16.2. The molecule has 0 radical (unpaired) electrons. The summed E-state index contributed by atoms with van der Waals surface area (Å²) in [6.45, 7) is 6.47. The lowest BCUT2D eigenvalue weighted by atomic mass is 10.1. The quantitative estimate of drug-likeness (QED) is 0.758. The number of rotatable bonds is 2. The van der Waals surface area contributed by atoms with Crippen molar-refractivity contribution in [1.82, 2.24) is 0 Å². The fourth-order valence-corrected chi connectivity index (χ4v) is 2.30. The van der Waals surface area contributed by atoms with Crippen molar-refractivity contribution in [2.24, 2.45) is 5.92 Å². The molecule has 86 valence electrons. The van der Waals surface area contributed by atoms with Crippen LogP contribution in [0.2, 0.25) is 0 Å². The van der Waals surface area contributed by atoms with Crippen molar-refractivity contribution in [2.45, 2.75) is 26.7 Å². The maximum Gasteiger partial charge on any atom is 0.165 e. The van der Waals surface area contributed by atoms with Gasteiger partial charge in [0, 0.05) is 30.8 Å². The van der Waals surface area contributed by atoms with E-state index in [9.17, 15) is 4.79 Å². The lowest BCUT2D eigenvalue weighted by molar-refractivity contribution is 0.0984. The van der Waals surface area contributed by atoms with E-state index in [-0.39, 0.29) is 0 Å². The van der Waals surface area contributed by atoms with Crippen LogP contribution in [0.5, 0.6) is 0 Å². The van der Waals surface area contributed by atoms with Gasteiger partial charge in [-0.3, -0.25) is 4.79 Å². The Bertz CT molecular complexity index is 384. The highest BCUT2D eigenvalue weighted by Gasteiger charge is 2.20. The molecule has 1 aliphatic heterocycles. The first kappa shape index (κ1) is 11.2. The Labute approximate surface area is 97.3 Å². The summed E-state index contributed by atoms with van der Waals surface area (Å²) in [5, 5.41) is 0. The van der Waals surface area contributed by atoms with Crippen molar-refractivity contribution >= 4 is 11.5 Å². The minimum atomic E-state index is 0.293. The second-order valence-corrected chi connectivity index (χ2v) is 4.88. The Balaban J connectivity index is 2.35. The van der Waals surface area contributed by atoms with E-state index >= 15 is 0 Å². The second-order valence-electron chi connectivity index (χ2n) is 4.88. The van der Waals surface area contributed by atoms with E-state index in [4.69, 9.17) is 0 Å². The molecular weight excluding hydrogens is 198 g/mol. The van der Waals surface area contributed by atoms with Crippen molar-refractivity contribution in [2.75, 3.05) is 18.0 Å². The number of carbonyl (C=O) groups excluding carboxylic acids is 1. The van der Waals surface area contributed by atoms with Gasteiger partial charge in [0.05, 0.1) is 0 Å². The number of anilines is 1. The first-order chi connectivity index (χ1) is 7.68. The maximum absolute atomic E-state index is 11.9. The molecule has 0 fully saturated rings. The Morgan fingerprint density at radius 3 is 2.81 bits per heavy atom. The molecule has 2 rings (SSSR count). The van der Waals surface area contributed by atoms with Gasteiger partial charge in [0.2, 0.25) is 0 Å². The van der Waals surface area contributed by atoms with E-state index in [0.717, 1.165) is 30.8 Å². The number of ketones is 1. The van der Waals surface area contributed by atoms with Gasteiger partial charge in [0.25, 0.3) is 0 Å². The Morgan fingerprint density at radius 2 is 2.06 bits per heavy atom. The van der Waals surface area contributed by atoms with Crippen LogP contribution < -0.4 is 4.90 Å². The van der Waals surface area contributed by atoms with Crippen molar-refractivity contribution < 1.29 is 4.79 Å². The van der Waals surface area contributed by atoms with Crippen LogP contribution in [-0.4, -0.2) is 18.9 Å². The molecule has 2 heteroatoms. The van der Waals surface area contributed by atoms with Crippen LogP contribution in [-0.2, 0) is 0 Å². The molecule has 0 N–H and O–H groups in total. The third-order valence-corrected chi connectivity index (χ3v) is 2.96. The molecule has 0 saturated carbocycles. The number of benzene rings is 1. The summed E-state index contributed by atoms with van der Waals surface area (Å²) in [5.41, 5.74) is 2.03. The molecule has 0 spiro atoms. The number of nitrogens with zero attached hydrogens (tertiary/aromatic N) is 1. The molecule has 0 atom stereocenters. The molecular formula is C14H19NO. The van der Waals surface area contributed by atoms with Crippen molar-refractivity contribution in [3.8, 4) is 0 Å². The van der Waals surface area contributed by atoms with E-state index < -0.39 is 0 Å². The van der Waals surface area contributed by atoms with E-state index in [2.05, 4.69) is 24.8 Å². The average Bonchev–Trinajstić information content (AvgIpc) is 2.40. The van der Waals surface area contributed by atoms with Crippen LogP contribution in [0.1, 0.15) is 37.0 Å². The van der Waals surface area contributed by atoms with Gasteiger partial charge >= 0.3 is 0 Å². The zero-order valence-electron chi connectivity index (χ0n) is 10.1. The highest BCUT2D eigenvalue weighted by atomic mass is 16.1. The predicted molar refractivity (Wildman–Crippen MR) is 67.1 cm³/mol. The Hall–Kier alpha value is -1.31. The Morgan fingerprint density at radius 1 is 1.31 bits per heavy atom. The predicted octanol–water partition coefficient (Wildman–Crippen LogP) is 3.13. The zero-order chi connectivity index (χ0) is 11.5. The van der Waals surface area contributed by atoms with Gasteiger partial charge in [-0.05, 0) is 24.5 Å². The third kappa shape index (κ3) is 2.26. The topological polar surface area (TPSA) is 20.3 Å². The molecule has 0 unspecified atom stereocenters. The molecule has 1 aromatic carbocycles. The van der Waals surface area contributed by atoms with Crippen LogP contribution in [0.15, 0.2) is 24.3 Å². The summed E-state index contributed by atoms with van der Waals surface area (Å²) in [6.07, 6.45) is 1.66. The number of fused-ring (bicyclic) bond motifs is 1. The summed E-state index contributed by atoms with van der Waals surface area (Å²) < 4.78 is 0. The van der Waals surface area contributed by atoms with Gasteiger partial charge in [-0.1, -0.05) is 26.0 Å². The van der Waals surface area contributed by atoms with Crippen molar-refractivity contribution in [1.29, 1.82) is 0 Å². The molecule has 0 amide bonds. The van der Waals surface area contributed by atoms with Gasteiger partial charge in [0.15, 0.2) is 5.78 Å². The number of hydrogen-bond donors (Lipinski definition) is 0. The molecule has 0 aromatic heterocycles. The highest BCUT2D eigenvalue weighted by molar-refractivity contribution is 6.01. The van der Waals surface area contributed by atoms with Gasteiger partial charge in [0.1, 0.15) is 0 Å². The standard InChI is InChI=1S/C14H19NO/c1-11(2)10-15-9-5-8-14(16)12-6-3-4-7-13(12)15/h3-4,6-7,11H,5,8-10H2,1-2H3. The van der Waals surface area contributed by atoms with Gasteiger partial charge < -0.3 is 4.90 Å². The number of hydrogen-bond acceptors (Lipinski definition) is 2. The monoisotopic (exact) mass is 217 g/mol. The van der Waals surface area contributed by atoms with E-state index in [1.165, 1.54) is 0 Å².